The molecule has 1 aromatic carbocycles. The van der Waals surface area contributed by atoms with Crippen molar-refractivity contribution in [2.75, 3.05) is 19.4 Å². The molecule has 4 heteroatoms. The zero-order valence-corrected chi connectivity index (χ0v) is 12.0. The van der Waals surface area contributed by atoms with Crippen molar-refractivity contribution >= 4 is 11.6 Å². The van der Waals surface area contributed by atoms with E-state index in [9.17, 15) is 4.79 Å². The summed E-state index contributed by atoms with van der Waals surface area (Å²) in [6, 6.07) is 11.2. The number of aromatic nitrogens is 1. The van der Waals surface area contributed by atoms with Crippen LogP contribution in [0, 0.1) is 6.92 Å². The number of aryl methyl sites for hydroxylation is 1. The van der Waals surface area contributed by atoms with Gasteiger partial charge in [-0.1, -0.05) is 18.2 Å². The number of amides is 1. The van der Waals surface area contributed by atoms with Crippen LogP contribution >= 0.6 is 0 Å². The highest BCUT2D eigenvalue weighted by molar-refractivity contribution is 5.95. The Balaban J connectivity index is 2.20. The van der Waals surface area contributed by atoms with E-state index in [0.29, 0.717) is 0 Å². The molecule has 1 atom stereocenters. The van der Waals surface area contributed by atoms with Gasteiger partial charge in [-0.3, -0.25) is 14.7 Å². The highest BCUT2D eigenvalue weighted by Gasteiger charge is 2.23. The molecule has 0 aliphatic rings. The van der Waals surface area contributed by atoms with E-state index in [1.165, 1.54) is 0 Å². The predicted octanol–water partition coefficient (Wildman–Crippen LogP) is 2.63. The van der Waals surface area contributed by atoms with E-state index in [0.717, 1.165) is 16.8 Å². The summed E-state index contributed by atoms with van der Waals surface area (Å²) < 4.78 is 0. The van der Waals surface area contributed by atoms with Crippen LogP contribution in [0.5, 0.6) is 0 Å². The van der Waals surface area contributed by atoms with Gasteiger partial charge in [0.2, 0.25) is 5.91 Å². The van der Waals surface area contributed by atoms with Gasteiger partial charge in [-0.05, 0) is 50.3 Å². The average molecular weight is 269 g/mol. The van der Waals surface area contributed by atoms with Crippen LogP contribution in [0.1, 0.15) is 17.2 Å². The second-order valence-electron chi connectivity index (χ2n) is 5.01. The fraction of sp³-hybridized carbons (Fsp3) is 0.250. The molecule has 1 N–H and O–H groups in total. The highest BCUT2D eigenvalue weighted by atomic mass is 16.2. The minimum absolute atomic E-state index is 0.0615. The summed E-state index contributed by atoms with van der Waals surface area (Å²) in [5, 5.41) is 2.95. The van der Waals surface area contributed by atoms with Crippen LogP contribution in [0.15, 0.2) is 48.8 Å². The Morgan fingerprint density at radius 3 is 2.65 bits per heavy atom. The minimum atomic E-state index is -0.357. The van der Waals surface area contributed by atoms with Crippen molar-refractivity contribution in [3.05, 3.63) is 59.9 Å². The number of pyridine rings is 1. The summed E-state index contributed by atoms with van der Waals surface area (Å²) in [6.07, 6.45) is 3.43. The third-order valence-corrected chi connectivity index (χ3v) is 3.05. The van der Waals surface area contributed by atoms with E-state index in [1.54, 1.807) is 12.4 Å². The van der Waals surface area contributed by atoms with Crippen LogP contribution in [0.25, 0.3) is 0 Å². The van der Waals surface area contributed by atoms with Gasteiger partial charge in [0.05, 0.1) is 0 Å². The van der Waals surface area contributed by atoms with E-state index < -0.39 is 0 Å². The van der Waals surface area contributed by atoms with Gasteiger partial charge in [-0.2, -0.15) is 0 Å². The summed E-state index contributed by atoms with van der Waals surface area (Å²) in [5.74, 6) is -0.0615. The Kier molecular flexibility index (Phi) is 4.48. The van der Waals surface area contributed by atoms with Crippen LogP contribution in [0.3, 0.4) is 0 Å². The van der Waals surface area contributed by atoms with Gasteiger partial charge in [0.1, 0.15) is 6.04 Å². The van der Waals surface area contributed by atoms with Gasteiger partial charge in [-0.15, -0.1) is 0 Å². The molecule has 1 aromatic heterocycles. The quantitative estimate of drug-likeness (QED) is 0.928. The smallest absolute Gasteiger partial charge is 0.246 e. The number of likely N-dealkylation sites (N-methyl/N-ethyl adjacent to an activating group) is 1. The SMILES string of the molecule is Cc1cccc(NC(=O)C(c2cccnc2)N(C)C)c1. The van der Waals surface area contributed by atoms with Crippen molar-refractivity contribution in [1.82, 2.24) is 9.88 Å². The first kappa shape index (κ1) is 14.2. The Labute approximate surface area is 119 Å². The Hall–Kier alpha value is -2.20. The summed E-state index contributed by atoms with van der Waals surface area (Å²) in [4.78, 5) is 18.4. The minimum Gasteiger partial charge on any atom is -0.324 e. The van der Waals surface area contributed by atoms with Gasteiger partial charge < -0.3 is 5.32 Å². The number of hydrogen-bond acceptors (Lipinski definition) is 3. The number of anilines is 1. The van der Waals surface area contributed by atoms with E-state index >= 15 is 0 Å². The molecular formula is C16H19N3O. The van der Waals surface area contributed by atoms with Gasteiger partial charge in [0.25, 0.3) is 0 Å². The van der Waals surface area contributed by atoms with E-state index in [-0.39, 0.29) is 11.9 Å². The number of hydrogen-bond donors (Lipinski definition) is 1. The molecule has 2 aromatic rings. The zero-order valence-electron chi connectivity index (χ0n) is 12.0. The predicted molar refractivity (Wildman–Crippen MR) is 80.5 cm³/mol. The number of nitrogens with zero attached hydrogens (tertiary/aromatic N) is 2. The molecule has 1 unspecified atom stereocenters. The normalized spacial score (nSPS) is 12.2. The maximum absolute atomic E-state index is 12.5. The molecule has 1 amide bonds. The van der Waals surface area contributed by atoms with Gasteiger partial charge in [0.15, 0.2) is 0 Å². The molecule has 104 valence electrons. The average Bonchev–Trinajstić information content (AvgIpc) is 2.39. The number of benzene rings is 1. The standard InChI is InChI=1S/C16H19N3O/c1-12-6-4-8-14(10-12)18-16(20)15(19(2)3)13-7-5-9-17-11-13/h4-11,15H,1-3H3,(H,18,20). The molecule has 2 rings (SSSR count). The number of nitrogens with one attached hydrogen (secondary N) is 1. The summed E-state index contributed by atoms with van der Waals surface area (Å²) in [6.45, 7) is 2.00. The molecule has 20 heavy (non-hydrogen) atoms. The number of rotatable bonds is 4. The molecule has 1 heterocycles. The third kappa shape index (κ3) is 3.42. The summed E-state index contributed by atoms with van der Waals surface area (Å²) >= 11 is 0. The highest BCUT2D eigenvalue weighted by Crippen LogP contribution is 2.20. The first-order chi connectivity index (χ1) is 9.58. The van der Waals surface area contributed by atoms with Crippen molar-refractivity contribution < 1.29 is 4.79 Å². The molecular weight excluding hydrogens is 250 g/mol. The first-order valence-electron chi connectivity index (χ1n) is 6.52. The van der Waals surface area contributed by atoms with Gasteiger partial charge in [-0.25, -0.2) is 0 Å². The van der Waals surface area contributed by atoms with E-state index in [1.807, 2.05) is 62.3 Å². The molecule has 4 nitrogen and oxygen atoms in total. The lowest BCUT2D eigenvalue weighted by atomic mass is 10.1. The summed E-state index contributed by atoms with van der Waals surface area (Å²) in [5.41, 5.74) is 2.80. The molecule has 0 saturated carbocycles. The van der Waals surface area contributed by atoms with Gasteiger partial charge in [0, 0.05) is 18.1 Å². The molecule has 0 bridgehead atoms. The van der Waals surface area contributed by atoms with Crippen molar-refractivity contribution in [3.63, 3.8) is 0 Å². The second kappa shape index (κ2) is 6.30. The molecule has 0 aliphatic carbocycles. The topological polar surface area (TPSA) is 45.2 Å². The zero-order chi connectivity index (χ0) is 14.5. The monoisotopic (exact) mass is 269 g/mol. The maximum atomic E-state index is 12.5. The molecule has 0 spiro atoms. The van der Waals surface area contributed by atoms with Crippen molar-refractivity contribution in [3.8, 4) is 0 Å². The first-order valence-corrected chi connectivity index (χ1v) is 6.52. The second-order valence-corrected chi connectivity index (χ2v) is 5.01. The molecule has 0 aliphatic heterocycles. The molecule has 0 saturated heterocycles. The van der Waals surface area contributed by atoms with E-state index in [4.69, 9.17) is 0 Å². The van der Waals surface area contributed by atoms with Crippen molar-refractivity contribution in [1.29, 1.82) is 0 Å². The fourth-order valence-electron chi connectivity index (χ4n) is 2.16. The number of carbonyl (C=O) groups excluding carboxylic acids is 1. The molecule has 0 fully saturated rings. The van der Waals surface area contributed by atoms with E-state index in [2.05, 4.69) is 10.3 Å². The van der Waals surface area contributed by atoms with Crippen LogP contribution in [0.4, 0.5) is 5.69 Å². The lowest BCUT2D eigenvalue weighted by Gasteiger charge is -2.23. The van der Waals surface area contributed by atoms with Crippen LogP contribution in [-0.4, -0.2) is 29.9 Å². The number of carbonyl (C=O) groups is 1. The van der Waals surface area contributed by atoms with Crippen LogP contribution in [0.2, 0.25) is 0 Å². The Bertz CT molecular complexity index is 581. The Morgan fingerprint density at radius 1 is 1.25 bits per heavy atom. The Morgan fingerprint density at radius 2 is 2.05 bits per heavy atom. The van der Waals surface area contributed by atoms with Gasteiger partial charge >= 0.3 is 0 Å². The largest absolute Gasteiger partial charge is 0.324 e. The van der Waals surface area contributed by atoms with Crippen molar-refractivity contribution in [2.24, 2.45) is 0 Å². The maximum Gasteiger partial charge on any atom is 0.246 e. The van der Waals surface area contributed by atoms with Crippen LogP contribution < -0.4 is 5.32 Å². The molecule has 0 radical (unpaired) electrons. The lowest BCUT2D eigenvalue weighted by molar-refractivity contribution is -0.120. The lowest BCUT2D eigenvalue weighted by Crippen LogP contribution is -2.32. The third-order valence-electron chi connectivity index (χ3n) is 3.05. The van der Waals surface area contributed by atoms with Crippen molar-refractivity contribution in [2.45, 2.75) is 13.0 Å². The van der Waals surface area contributed by atoms with Crippen LogP contribution in [-0.2, 0) is 4.79 Å². The summed E-state index contributed by atoms with van der Waals surface area (Å²) in [7, 11) is 3.76. The fourth-order valence-corrected chi connectivity index (χ4v) is 2.16.